The molecule has 3 aliphatic carbocycles. The molecule has 0 unspecified atom stereocenters. The lowest BCUT2D eigenvalue weighted by molar-refractivity contribution is -0.384. The van der Waals surface area contributed by atoms with Crippen molar-refractivity contribution in [1.29, 1.82) is 0 Å². The summed E-state index contributed by atoms with van der Waals surface area (Å²) in [5.74, 6) is 0.613. The van der Waals surface area contributed by atoms with Crippen LogP contribution in [0.15, 0.2) is 84.1 Å². The number of carbonyl (C=O) groups is 1. The van der Waals surface area contributed by atoms with Crippen LogP contribution in [0.25, 0.3) is 11.0 Å². The van der Waals surface area contributed by atoms with E-state index in [0.717, 1.165) is 94.6 Å². The molecule has 1 amide bonds. The maximum absolute atomic E-state index is 14.0. The molecule has 5 aromatic rings. The van der Waals surface area contributed by atoms with Gasteiger partial charge in [-0.3, -0.25) is 19.8 Å². The van der Waals surface area contributed by atoms with Gasteiger partial charge in [0.15, 0.2) is 0 Å². The molecule has 0 bridgehead atoms. The Balaban J connectivity index is 0.836. The van der Waals surface area contributed by atoms with Gasteiger partial charge in [0.1, 0.15) is 22.0 Å². The van der Waals surface area contributed by atoms with Crippen molar-refractivity contribution in [3.8, 4) is 11.5 Å². The number of nitrogens with zero attached hydrogens (tertiary/aromatic N) is 6. The van der Waals surface area contributed by atoms with Crippen LogP contribution in [0.1, 0.15) is 112 Å². The maximum Gasteiger partial charge on any atom is 0.312 e. The van der Waals surface area contributed by atoms with Crippen LogP contribution in [-0.2, 0) is 10.0 Å². The number of piperazine rings is 1. The fourth-order valence-electron chi connectivity index (χ4n) is 11.1. The summed E-state index contributed by atoms with van der Waals surface area (Å²) < 4.78 is 36.0. The van der Waals surface area contributed by atoms with E-state index in [0.29, 0.717) is 47.3 Å². The van der Waals surface area contributed by atoms with Gasteiger partial charge in [-0.05, 0) is 129 Å². The van der Waals surface area contributed by atoms with Gasteiger partial charge in [0.25, 0.3) is 15.9 Å². The fraction of sp³-hybridized carbons (Fsp3) is 0.500. The van der Waals surface area contributed by atoms with Crippen molar-refractivity contribution in [1.82, 2.24) is 29.5 Å². The molecule has 15 nitrogen and oxygen atoms in total. The molecule has 66 heavy (non-hydrogen) atoms. The fourth-order valence-corrected chi connectivity index (χ4v) is 12.1. The maximum atomic E-state index is 14.0. The van der Waals surface area contributed by atoms with Crippen LogP contribution in [0, 0.1) is 26.9 Å². The number of piperidine rings is 1. The summed E-state index contributed by atoms with van der Waals surface area (Å²) in [6.45, 7) is 9.90. The first-order chi connectivity index (χ1) is 31.7. The van der Waals surface area contributed by atoms with E-state index in [4.69, 9.17) is 4.74 Å². The number of fused-ring (bicyclic) bond motifs is 1. The van der Waals surface area contributed by atoms with Crippen molar-refractivity contribution in [2.45, 2.75) is 101 Å². The van der Waals surface area contributed by atoms with E-state index in [9.17, 15) is 23.3 Å². The highest BCUT2D eigenvalue weighted by molar-refractivity contribution is 7.90. The highest BCUT2D eigenvalue weighted by Gasteiger charge is 2.50. The topological polar surface area (TPSA) is 179 Å². The quantitative estimate of drug-likeness (QED) is 0.0755. The molecule has 5 heterocycles. The molecule has 10 rings (SSSR count). The zero-order chi connectivity index (χ0) is 45.8. The lowest BCUT2D eigenvalue weighted by Gasteiger charge is -2.58. The number of ether oxygens (including phenoxy) is 1. The van der Waals surface area contributed by atoms with Crippen LogP contribution in [-0.4, -0.2) is 96.4 Å². The second-order valence-corrected chi connectivity index (χ2v) is 22.2. The van der Waals surface area contributed by atoms with Crippen LogP contribution in [0.2, 0.25) is 0 Å². The first-order valence-electron chi connectivity index (χ1n) is 23.7. The predicted molar refractivity (Wildman–Crippen MR) is 255 cm³/mol. The third kappa shape index (κ3) is 9.23. The Labute approximate surface area is 386 Å². The number of sulfonamides is 1. The monoisotopic (exact) mass is 915 g/mol. The second kappa shape index (κ2) is 17.6. The molecule has 3 saturated carbocycles. The van der Waals surface area contributed by atoms with Gasteiger partial charge in [0, 0.05) is 80.8 Å². The minimum atomic E-state index is -4.60. The van der Waals surface area contributed by atoms with Gasteiger partial charge in [0.2, 0.25) is 5.82 Å². The summed E-state index contributed by atoms with van der Waals surface area (Å²) in [4.78, 5) is 44.3. The van der Waals surface area contributed by atoms with Crippen LogP contribution >= 0.6 is 0 Å². The number of carbonyl (C=O) groups excluding carboxylic acids is 1. The van der Waals surface area contributed by atoms with Gasteiger partial charge in [-0.2, -0.15) is 0 Å². The number of likely N-dealkylation sites (N-methyl/N-ethyl adjacent to an activating group) is 1. The van der Waals surface area contributed by atoms with Crippen LogP contribution in [0.4, 0.5) is 17.2 Å². The van der Waals surface area contributed by atoms with Gasteiger partial charge in [-0.25, -0.2) is 23.1 Å². The number of aromatic amines is 1. The summed E-state index contributed by atoms with van der Waals surface area (Å²) in [5.41, 5.74) is 4.68. The third-order valence-electron chi connectivity index (χ3n) is 15.4. The second-order valence-electron chi connectivity index (χ2n) is 20.6. The standard InChI is InChI=1S/C50H61N9O6S/c1-49(2)15-12-33(13-16-49)29-52-47-43(59(61)62)26-39(31-54-47)66(63,64)55-48(60)42-11-10-36(25-45(42)65-38-24-35-14-19-51-46(35)53-30-38)57-20-17-50(18-21-57)27-37(28-50)58-23-22-56(3)32-44(58)41-7-5-4-6-40(41)34-8-9-34/h4-7,10-11,14,19,24-26,30-31,33-34,37,44H,8-9,12-13,15-18,20-23,27-29,32H2,1-3H3,(H,51,53)(H,52,54)(H,55,60)/t44-/m0/s1. The Bertz CT molecular complexity index is 2730. The predicted octanol–water partition coefficient (Wildman–Crippen LogP) is 9.02. The summed E-state index contributed by atoms with van der Waals surface area (Å²) >= 11 is 0. The van der Waals surface area contributed by atoms with Crippen molar-refractivity contribution >= 4 is 44.2 Å². The summed E-state index contributed by atoms with van der Waals surface area (Å²) in [7, 11) is -2.35. The molecule has 5 aliphatic rings. The molecule has 2 aromatic carbocycles. The Morgan fingerprint density at radius 1 is 0.924 bits per heavy atom. The Hall–Kier alpha value is -5.58. The largest absolute Gasteiger partial charge is 0.455 e. The van der Waals surface area contributed by atoms with E-state index in [-0.39, 0.29) is 22.5 Å². The number of pyridine rings is 2. The summed E-state index contributed by atoms with van der Waals surface area (Å²) in [6, 6.07) is 19.9. The van der Waals surface area contributed by atoms with E-state index in [1.165, 1.54) is 31.2 Å². The molecule has 0 radical (unpaired) electrons. The number of nitrogens with one attached hydrogen (secondary N) is 3. The number of rotatable bonds is 13. The van der Waals surface area contributed by atoms with Crippen molar-refractivity contribution in [3.05, 3.63) is 106 Å². The average molecular weight is 916 g/mol. The molecule has 1 atom stereocenters. The minimum Gasteiger partial charge on any atom is -0.455 e. The number of anilines is 2. The summed E-state index contributed by atoms with van der Waals surface area (Å²) in [6.07, 6.45) is 15.6. The number of benzene rings is 2. The molecule has 2 saturated heterocycles. The van der Waals surface area contributed by atoms with Crippen LogP contribution in [0.3, 0.4) is 0 Å². The van der Waals surface area contributed by atoms with Crippen LogP contribution in [0.5, 0.6) is 11.5 Å². The number of hydrogen-bond donors (Lipinski definition) is 3. The van der Waals surface area contributed by atoms with Gasteiger partial charge >= 0.3 is 5.69 Å². The molecule has 348 valence electrons. The molecular weight excluding hydrogens is 855 g/mol. The van der Waals surface area contributed by atoms with Gasteiger partial charge < -0.3 is 24.8 Å². The minimum absolute atomic E-state index is 0.0101. The highest BCUT2D eigenvalue weighted by atomic mass is 32.2. The van der Waals surface area contributed by atoms with Crippen molar-refractivity contribution in [3.63, 3.8) is 0 Å². The van der Waals surface area contributed by atoms with Crippen molar-refractivity contribution < 1.29 is 22.9 Å². The smallest absolute Gasteiger partial charge is 0.312 e. The molecule has 16 heteroatoms. The SMILES string of the molecule is CN1CCN(C2CC3(CCN(c4ccc(C(=O)NS(=O)(=O)c5cnc(NCC6CCC(C)(C)CC6)c([N+](=O)[O-])c5)c(Oc5cnc6[nH]ccc6c5)c4)CC3)C2)[C@H](c2ccccc2C2CC2)C1. The van der Waals surface area contributed by atoms with Crippen molar-refractivity contribution in [2.75, 3.05) is 56.5 Å². The molecule has 1 spiro atoms. The van der Waals surface area contributed by atoms with E-state index in [1.807, 2.05) is 12.1 Å². The Morgan fingerprint density at radius 2 is 1.68 bits per heavy atom. The first-order valence-corrected chi connectivity index (χ1v) is 25.2. The van der Waals surface area contributed by atoms with Crippen molar-refractivity contribution in [2.24, 2.45) is 16.7 Å². The van der Waals surface area contributed by atoms with Gasteiger partial charge in [0.05, 0.1) is 22.9 Å². The zero-order valence-electron chi connectivity index (χ0n) is 38.2. The summed E-state index contributed by atoms with van der Waals surface area (Å²) in [5, 5.41) is 16.1. The zero-order valence-corrected chi connectivity index (χ0v) is 39.0. The third-order valence-corrected chi connectivity index (χ3v) is 16.7. The first kappa shape index (κ1) is 44.3. The van der Waals surface area contributed by atoms with Gasteiger partial charge in [-0.15, -0.1) is 0 Å². The number of hydrogen-bond acceptors (Lipinski definition) is 12. The Kier molecular flexibility index (Phi) is 11.8. The van der Waals surface area contributed by atoms with E-state index >= 15 is 0 Å². The van der Waals surface area contributed by atoms with Gasteiger partial charge in [-0.1, -0.05) is 38.1 Å². The molecule has 5 fully saturated rings. The molecule has 2 aliphatic heterocycles. The normalized spacial score (nSPS) is 21.7. The van der Waals surface area contributed by atoms with E-state index in [2.05, 4.69) is 84.9 Å². The molecular formula is C50H61N9O6S. The number of H-pyrrole nitrogens is 1. The average Bonchev–Trinajstić information content (AvgIpc) is 4.04. The van der Waals surface area contributed by atoms with E-state index < -0.39 is 31.4 Å². The Morgan fingerprint density at radius 3 is 2.42 bits per heavy atom. The lowest BCUT2D eigenvalue weighted by atomic mass is 9.59. The molecule has 3 aromatic heterocycles. The number of amides is 1. The number of nitro groups is 1. The number of aromatic nitrogens is 3. The lowest BCUT2D eigenvalue weighted by Crippen LogP contribution is -2.59. The van der Waals surface area contributed by atoms with Crippen LogP contribution < -0.4 is 19.7 Å². The molecule has 3 N–H and O–H groups in total. The van der Waals surface area contributed by atoms with E-state index in [1.54, 1.807) is 36.2 Å². The highest BCUT2D eigenvalue weighted by Crippen LogP contribution is 2.54.